The molecular formula is C14H10FN3OS2. The number of halogens is 1. The minimum atomic E-state index is -0.325. The number of thiazole rings is 1. The number of carbonyl (C=O) groups excluding carboxylic acids is 1. The Hall–Kier alpha value is -2.12. The summed E-state index contributed by atoms with van der Waals surface area (Å²) in [6.45, 7) is 1.42. The molecule has 3 rings (SSSR count). The van der Waals surface area contributed by atoms with Crippen LogP contribution in [0, 0.1) is 5.82 Å². The molecule has 3 aromatic rings. The molecular weight excluding hydrogens is 309 g/mol. The molecule has 1 amide bonds. The van der Waals surface area contributed by atoms with E-state index in [9.17, 15) is 9.18 Å². The number of anilines is 1. The van der Waals surface area contributed by atoms with Crippen molar-refractivity contribution < 1.29 is 9.18 Å². The maximum Gasteiger partial charge on any atom is 0.246 e. The maximum absolute atomic E-state index is 13.2. The van der Waals surface area contributed by atoms with Gasteiger partial charge in [0, 0.05) is 11.8 Å². The minimum Gasteiger partial charge on any atom is -0.273 e. The Kier molecular flexibility index (Phi) is 3.76. The van der Waals surface area contributed by atoms with Crippen LogP contribution in [0.1, 0.15) is 11.8 Å². The van der Waals surface area contributed by atoms with Crippen molar-refractivity contribution in [2.75, 3.05) is 5.01 Å². The second-order valence-corrected chi connectivity index (χ2v) is 6.19. The summed E-state index contributed by atoms with van der Waals surface area (Å²) >= 11 is 2.75. The molecule has 0 saturated carbocycles. The van der Waals surface area contributed by atoms with Gasteiger partial charge in [-0.25, -0.2) is 9.37 Å². The van der Waals surface area contributed by atoms with Crippen LogP contribution in [-0.4, -0.2) is 17.1 Å². The molecule has 7 heteroatoms. The first-order valence-electron chi connectivity index (χ1n) is 6.08. The molecule has 0 atom stereocenters. The molecule has 1 aromatic carbocycles. The monoisotopic (exact) mass is 319 g/mol. The SMILES string of the molecule is CC(=O)N(/N=C\c1cccs1)c1nc2ccc(F)cc2s1. The normalized spacial score (nSPS) is 11.3. The Morgan fingerprint density at radius 3 is 3.00 bits per heavy atom. The summed E-state index contributed by atoms with van der Waals surface area (Å²) in [5.41, 5.74) is 0.647. The third kappa shape index (κ3) is 2.98. The van der Waals surface area contributed by atoms with Gasteiger partial charge in [0.25, 0.3) is 0 Å². The van der Waals surface area contributed by atoms with Crippen molar-refractivity contribution in [2.24, 2.45) is 5.10 Å². The number of hydrazone groups is 1. The lowest BCUT2D eigenvalue weighted by Gasteiger charge is -2.09. The van der Waals surface area contributed by atoms with Crippen molar-refractivity contribution >= 4 is 50.1 Å². The highest BCUT2D eigenvalue weighted by Crippen LogP contribution is 2.29. The molecule has 0 N–H and O–H groups in total. The number of aromatic nitrogens is 1. The van der Waals surface area contributed by atoms with Gasteiger partial charge in [0.15, 0.2) is 0 Å². The fourth-order valence-corrected chi connectivity index (χ4v) is 3.29. The van der Waals surface area contributed by atoms with Crippen molar-refractivity contribution in [3.8, 4) is 0 Å². The third-order valence-electron chi connectivity index (χ3n) is 2.66. The number of thiophene rings is 1. The van der Waals surface area contributed by atoms with Crippen LogP contribution < -0.4 is 5.01 Å². The summed E-state index contributed by atoms with van der Waals surface area (Å²) in [7, 11) is 0. The quantitative estimate of drug-likeness (QED) is 0.543. The molecule has 0 radical (unpaired) electrons. The summed E-state index contributed by atoms with van der Waals surface area (Å²) in [4.78, 5) is 17.0. The number of hydrogen-bond donors (Lipinski definition) is 0. The number of carbonyl (C=O) groups is 1. The molecule has 2 heterocycles. The van der Waals surface area contributed by atoms with Crippen LogP contribution >= 0.6 is 22.7 Å². The number of benzene rings is 1. The molecule has 4 nitrogen and oxygen atoms in total. The van der Waals surface area contributed by atoms with E-state index in [1.165, 1.54) is 46.7 Å². The smallest absolute Gasteiger partial charge is 0.246 e. The number of nitrogens with zero attached hydrogens (tertiary/aromatic N) is 3. The first-order valence-corrected chi connectivity index (χ1v) is 7.77. The van der Waals surface area contributed by atoms with E-state index < -0.39 is 0 Å². The van der Waals surface area contributed by atoms with Gasteiger partial charge in [-0.1, -0.05) is 17.4 Å². The van der Waals surface area contributed by atoms with E-state index in [1.54, 1.807) is 12.3 Å². The summed E-state index contributed by atoms with van der Waals surface area (Å²) in [6, 6.07) is 8.15. The van der Waals surface area contributed by atoms with Gasteiger partial charge in [0.2, 0.25) is 11.0 Å². The van der Waals surface area contributed by atoms with Crippen LogP contribution in [0.5, 0.6) is 0 Å². The topological polar surface area (TPSA) is 45.6 Å². The molecule has 0 saturated heterocycles. The maximum atomic E-state index is 13.2. The molecule has 0 aliphatic heterocycles. The van der Waals surface area contributed by atoms with E-state index in [1.807, 2.05) is 17.5 Å². The van der Waals surface area contributed by atoms with E-state index in [4.69, 9.17) is 0 Å². The van der Waals surface area contributed by atoms with Crippen molar-refractivity contribution in [2.45, 2.75) is 6.92 Å². The van der Waals surface area contributed by atoms with Crippen molar-refractivity contribution in [1.82, 2.24) is 4.98 Å². The fourth-order valence-electron chi connectivity index (χ4n) is 1.72. The second kappa shape index (κ2) is 5.71. The Bertz CT molecular complexity index is 811. The molecule has 2 aromatic heterocycles. The summed E-state index contributed by atoms with van der Waals surface area (Å²) in [5.74, 6) is -0.573. The van der Waals surface area contributed by atoms with Crippen LogP contribution in [0.15, 0.2) is 40.8 Å². The second-order valence-electron chi connectivity index (χ2n) is 4.20. The number of hydrogen-bond acceptors (Lipinski definition) is 5. The van der Waals surface area contributed by atoms with Crippen LogP contribution in [0.25, 0.3) is 10.2 Å². The zero-order chi connectivity index (χ0) is 14.8. The highest BCUT2D eigenvalue weighted by molar-refractivity contribution is 7.22. The molecule has 21 heavy (non-hydrogen) atoms. The van der Waals surface area contributed by atoms with Crippen molar-refractivity contribution in [1.29, 1.82) is 0 Å². The lowest BCUT2D eigenvalue weighted by molar-refractivity contribution is -0.116. The standard InChI is InChI=1S/C14H10FN3OS2/c1-9(19)18(16-8-11-3-2-6-20-11)14-17-12-5-4-10(15)7-13(12)21-14/h2-8H,1H3/b16-8-. The summed E-state index contributed by atoms with van der Waals surface area (Å²) < 4.78 is 13.9. The van der Waals surface area contributed by atoms with Crippen LogP contribution in [-0.2, 0) is 4.79 Å². The first kappa shape index (κ1) is 13.8. The van der Waals surface area contributed by atoms with E-state index in [-0.39, 0.29) is 11.7 Å². The van der Waals surface area contributed by atoms with Gasteiger partial charge in [-0.05, 0) is 29.6 Å². The van der Waals surface area contributed by atoms with Gasteiger partial charge in [0.05, 0.1) is 16.4 Å². The Labute approximate surface area is 128 Å². The Balaban J connectivity index is 1.97. The van der Waals surface area contributed by atoms with Gasteiger partial charge in [-0.2, -0.15) is 10.1 Å². The third-order valence-corrected chi connectivity index (χ3v) is 4.46. The van der Waals surface area contributed by atoms with Gasteiger partial charge in [-0.15, -0.1) is 11.3 Å². The zero-order valence-electron chi connectivity index (χ0n) is 11.0. The average Bonchev–Trinajstić information content (AvgIpc) is 3.07. The zero-order valence-corrected chi connectivity index (χ0v) is 12.6. The van der Waals surface area contributed by atoms with E-state index in [0.29, 0.717) is 15.3 Å². The van der Waals surface area contributed by atoms with E-state index in [0.717, 1.165) is 4.88 Å². The van der Waals surface area contributed by atoms with Crippen LogP contribution in [0.3, 0.4) is 0 Å². The fraction of sp³-hybridized carbons (Fsp3) is 0.0714. The first-order chi connectivity index (χ1) is 10.1. The highest BCUT2D eigenvalue weighted by Gasteiger charge is 2.15. The van der Waals surface area contributed by atoms with Gasteiger partial charge in [0.1, 0.15) is 5.82 Å². The molecule has 0 fully saturated rings. The van der Waals surface area contributed by atoms with Gasteiger partial charge >= 0.3 is 0 Å². The minimum absolute atomic E-state index is 0.248. The largest absolute Gasteiger partial charge is 0.273 e. The molecule has 0 aliphatic rings. The van der Waals surface area contributed by atoms with E-state index in [2.05, 4.69) is 10.1 Å². The molecule has 0 aliphatic carbocycles. The van der Waals surface area contributed by atoms with Crippen LogP contribution in [0.2, 0.25) is 0 Å². The molecule has 0 unspecified atom stereocenters. The van der Waals surface area contributed by atoms with Crippen molar-refractivity contribution in [3.05, 3.63) is 46.4 Å². The number of amides is 1. The van der Waals surface area contributed by atoms with E-state index >= 15 is 0 Å². The van der Waals surface area contributed by atoms with Crippen LogP contribution in [0.4, 0.5) is 9.52 Å². The van der Waals surface area contributed by atoms with Gasteiger partial charge in [-0.3, -0.25) is 4.79 Å². The average molecular weight is 319 g/mol. The Morgan fingerprint density at radius 1 is 1.43 bits per heavy atom. The number of rotatable bonds is 3. The lowest BCUT2D eigenvalue weighted by Crippen LogP contribution is -2.22. The summed E-state index contributed by atoms with van der Waals surface area (Å²) in [6.07, 6.45) is 1.61. The lowest BCUT2D eigenvalue weighted by atomic mass is 10.3. The van der Waals surface area contributed by atoms with Gasteiger partial charge < -0.3 is 0 Å². The molecule has 0 spiro atoms. The Morgan fingerprint density at radius 2 is 2.29 bits per heavy atom. The molecule has 106 valence electrons. The molecule has 0 bridgehead atoms. The number of fused-ring (bicyclic) bond motifs is 1. The predicted molar refractivity (Wildman–Crippen MR) is 84.7 cm³/mol. The van der Waals surface area contributed by atoms with Crippen molar-refractivity contribution in [3.63, 3.8) is 0 Å². The predicted octanol–water partition coefficient (Wildman–Crippen LogP) is 3.88. The highest BCUT2D eigenvalue weighted by atomic mass is 32.1. The summed E-state index contributed by atoms with van der Waals surface area (Å²) in [5, 5.41) is 7.76.